The first kappa shape index (κ1) is 17.3. The van der Waals surface area contributed by atoms with Gasteiger partial charge in [-0.25, -0.2) is 0 Å². The third kappa shape index (κ3) is 5.56. The van der Waals surface area contributed by atoms with Crippen molar-refractivity contribution < 1.29 is 0 Å². The van der Waals surface area contributed by atoms with Crippen molar-refractivity contribution in [1.29, 1.82) is 0 Å². The number of hydrogen-bond donors (Lipinski definition) is 1. The molecule has 0 spiro atoms. The van der Waals surface area contributed by atoms with Crippen molar-refractivity contribution in [3.05, 3.63) is 0 Å². The Hall–Kier alpha value is -0.0800. The summed E-state index contributed by atoms with van der Waals surface area (Å²) in [6, 6.07) is 0.763. The first-order chi connectivity index (χ1) is 10.00. The second kappa shape index (κ2) is 7.97. The third-order valence-corrected chi connectivity index (χ3v) is 5.77. The Morgan fingerprint density at radius 2 is 1.95 bits per heavy atom. The van der Waals surface area contributed by atoms with Crippen LogP contribution < -0.4 is 5.32 Å². The molecule has 1 saturated heterocycles. The van der Waals surface area contributed by atoms with Gasteiger partial charge in [0.2, 0.25) is 0 Å². The summed E-state index contributed by atoms with van der Waals surface area (Å²) < 4.78 is 0. The van der Waals surface area contributed by atoms with Gasteiger partial charge < -0.3 is 10.2 Å². The third-order valence-electron chi connectivity index (χ3n) is 5.77. The SMILES string of the molecule is CCCNC1CCC(C)(C)CC1CN1CCCC(C)CC1. The van der Waals surface area contributed by atoms with Crippen LogP contribution in [0.25, 0.3) is 0 Å². The predicted molar refractivity (Wildman–Crippen MR) is 92.7 cm³/mol. The second-order valence-electron chi connectivity index (χ2n) is 8.56. The standard InChI is InChI=1S/C19H38N2/c1-5-11-20-18-8-10-19(3,4)14-17(18)15-21-12-6-7-16(2)9-13-21/h16-18,20H,5-15H2,1-4H3. The Morgan fingerprint density at radius 1 is 1.14 bits per heavy atom. The van der Waals surface area contributed by atoms with E-state index in [9.17, 15) is 0 Å². The maximum Gasteiger partial charge on any atom is 0.0108 e. The van der Waals surface area contributed by atoms with Crippen molar-refractivity contribution in [3.8, 4) is 0 Å². The lowest BCUT2D eigenvalue weighted by Gasteiger charge is -2.43. The Balaban J connectivity index is 1.91. The van der Waals surface area contributed by atoms with E-state index in [1.807, 2.05) is 0 Å². The van der Waals surface area contributed by atoms with Gasteiger partial charge in [0.25, 0.3) is 0 Å². The van der Waals surface area contributed by atoms with E-state index in [1.54, 1.807) is 0 Å². The molecule has 2 fully saturated rings. The molecule has 3 atom stereocenters. The lowest BCUT2D eigenvalue weighted by molar-refractivity contribution is 0.101. The second-order valence-corrected chi connectivity index (χ2v) is 8.56. The molecule has 0 bridgehead atoms. The van der Waals surface area contributed by atoms with E-state index in [1.165, 1.54) is 71.1 Å². The van der Waals surface area contributed by atoms with E-state index in [0.717, 1.165) is 17.9 Å². The maximum absolute atomic E-state index is 3.85. The monoisotopic (exact) mass is 294 g/mol. The molecule has 0 radical (unpaired) electrons. The number of nitrogens with zero attached hydrogens (tertiary/aromatic N) is 1. The summed E-state index contributed by atoms with van der Waals surface area (Å²) in [5.74, 6) is 1.79. The Morgan fingerprint density at radius 3 is 2.71 bits per heavy atom. The first-order valence-electron chi connectivity index (χ1n) is 9.46. The van der Waals surface area contributed by atoms with Gasteiger partial charge in [0.1, 0.15) is 0 Å². The molecule has 21 heavy (non-hydrogen) atoms. The highest BCUT2D eigenvalue weighted by Gasteiger charge is 2.35. The zero-order chi connectivity index (χ0) is 15.3. The van der Waals surface area contributed by atoms with Crippen LogP contribution in [0.2, 0.25) is 0 Å². The van der Waals surface area contributed by atoms with Gasteiger partial charge in [0.15, 0.2) is 0 Å². The molecular weight excluding hydrogens is 256 g/mol. The lowest BCUT2D eigenvalue weighted by Crippen LogP contribution is -2.48. The zero-order valence-electron chi connectivity index (χ0n) is 15.0. The Bertz CT molecular complexity index is 300. The molecule has 0 aromatic carbocycles. The van der Waals surface area contributed by atoms with E-state index in [4.69, 9.17) is 0 Å². The minimum absolute atomic E-state index is 0.550. The summed E-state index contributed by atoms with van der Waals surface area (Å²) in [5.41, 5.74) is 0.550. The van der Waals surface area contributed by atoms with Crippen LogP contribution in [0.4, 0.5) is 0 Å². The van der Waals surface area contributed by atoms with Crippen molar-refractivity contribution in [2.45, 2.75) is 78.7 Å². The molecule has 2 rings (SSSR count). The van der Waals surface area contributed by atoms with Gasteiger partial charge in [0, 0.05) is 12.6 Å². The topological polar surface area (TPSA) is 15.3 Å². The van der Waals surface area contributed by atoms with Crippen LogP contribution in [0.15, 0.2) is 0 Å². The molecule has 2 aliphatic rings. The number of nitrogens with one attached hydrogen (secondary N) is 1. The van der Waals surface area contributed by atoms with Gasteiger partial charge in [-0.3, -0.25) is 0 Å². The van der Waals surface area contributed by atoms with Crippen LogP contribution in [0, 0.1) is 17.3 Å². The lowest BCUT2D eigenvalue weighted by atomic mass is 9.69. The molecule has 1 aliphatic heterocycles. The molecule has 1 aliphatic carbocycles. The fourth-order valence-electron chi connectivity index (χ4n) is 4.36. The fourth-order valence-corrected chi connectivity index (χ4v) is 4.36. The van der Waals surface area contributed by atoms with Crippen molar-refractivity contribution in [3.63, 3.8) is 0 Å². The largest absolute Gasteiger partial charge is 0.314 e. The minimum Gasteiger partial charge on any atom is -0.314 e. The number of rotatable bonds is 5. The number of likely N-dealkylation sites (tertiary alicyclic amines) is 1. The van der Waals surface area contributed by atoms with Gasteiger partial charge in [0.05, 0.1) is 0 Å². The van der Waals surface area contributed by atoms with E-state index in [-0.39, 0.29) is 0 Å². The summed E-state index contributed by atoms with van der Waals surface area (Å²) in [5, 5.41) is 3.85. The summed E-state index contributed by atoms with van der Waals surface area (Å²) >= 11 is 0. The fraction of sp³-hybridized carbons (Fsp3) is 1.00. The van der Waals surface area contributed by atoms with Crippen LogP contribution >= 0.6 is 0 Å². The van der Waals surface area contributed by atoms with E-state index < -0.39 is 0 Å². The highest BCUT2D eigenvalue weighted by Crippen LogP contribution is 2.39. The van der Waals surface area contributed by atoms with Crippen molar-refractivity contribution in [2.24, 2.45) is 17.3 Å². The number of hydrogen-bond acceptors (Lipinski definition) is 2. The normalized spacial score (nSPS) is 34.6. The van der Waals surface area contributed by atoms with Crippen molar-refractivity contribution in [2.75, 3.05) is 26.2 Å². The molecule has 0 amide bonds. The van der Waals surface area contributed by atoms with Gasteiger partial charge in [-0.15, -0.1) is 0 Å². The molecule has 124 valence electrons. The van der Waals surface area contributed by atoms with Crippen LogP contribution in [-0.2, 0) is 0 Å². The maximum atomic E-state index is 3.85. The van der Waals surface area contributed by atoms with E-state index >= 15 is 0 Å². The zero-order valence-corrected chi connectivity index (χ0v) is 15.0. The molecule has 2 nitrogen and oxygen atoms in total. The average molecular weight is 295 g/mol. The molecule has 1 N–H and O–H groups in total. The quantitative estimate of drug-likeness (QED) is 0.813. The molecule has 0 aromatic rings. The highest BCUT2D eigenvalue weighted by atomic mass is 15.1. The van der Waals surface area contributed by atoms with Gasteiger partial charge in [-0.2, -0.15) is 0 Å². The Kier molecular flexibility index (Phi) is 6.55. The van der Waals surface area contributed by atoms with Crippen LogP contribution in [-0.4, -0.2) is 37.1 Å². The van der Waals surface area contributed by atoms with Gasteiger partial charge >= 0.3 is 0 Å². The summed E-state index contributed by atoms with van der Waals surface area (Å²) in [7, 11) is 0. The molecule has 2 heteroatoms. The molecule has 3 unspecified atom stereocenters. The summed E-state index contributed by atoms with van der Waals surface area (Å²) in [6.45, 7) is 14.8. The molecular formula is C19H38N2. The highest BCUT2D eigenvalue weighted by molar-refractivity contribution is 4.90. The van der Waals surface area contributed by atoms with Crippen LogP contribution in [0.1, 0.15) is 72.6 Å². The molecule has 1 heterocycles. The van der Waals surface area contributed by atoms with Gasteiger partial charge in [-0.1, -0.05) is 27.7 Å². The van der Waals surface area contributed by atoms with Gasteiger partial charge in [-0.05, 0) is 81.8 Å². The van der Waals surface area contributed by atoms with E-state index in [0.29, 0.717) is 5.41 Å². The molecule has 1 saturated carbocycles. The summed E-state index contributed by atoms with van der Waals surface area (Å²) in [4.78, 5) is 2.77. The predicted octanol–water partition coefficient (Wildman–Crippen LogP) is 4.30. The van der Waals surface area contributed by atoms with Crippen molar-refractivity contribution >= 4 is 0 Å². The van der Waals surface area contributed by atoms with Crippen LogP contribution in [0.3, 0.4) is 0 Å². The molecule has 0 aromatic heterocycles. The smallest absolute Gasteiger partial charge is 0.0108 e. The average Bonchev–Trinajstić information content (AvgIpc) is 2.62. The van der Waals surface area contributed by atoms with Crippen LogP contribution in [0.5, 0.6) is 0 Å². The first-order valence-corrected chi connectivity index (χ1v) is 9.46. The van der Waals surface area contributed by atoms with E-state index in [2.05, 4.69) is 37.9 Å². The van der Waals surface area contributed by atoms with Crippen molar-refractivity contribution in [1.82, 2.24) is 10.2 Å². The minimum atomic E-state index is 0.550. The Labute approximate surface area is 133 Å². The summed E-state index contributed by atoms with van der Waals surface area (Å²) in [6.07, 6.45) is 9.68.